The third kappa shape index (κ3) is 4.31. The first kappa shape index (κ1) is 20.0. The number of ether oxygens (including phenoxy) is 1. The molecule has 0 unspecified atom stereocenters. The van der Waals surface area contributed by atoms with E-state index in [1.165, 1.54) is 11.8 Å². The average Bonchev–Trinajstić information content (AvgIpc) is 3.03. The van der Waals surface area contributed by atoms with Gasteiger partial charge in [0.05, 0.1) is 23.4 Å². The minimum atomic E-state index is -0.0835. The first-order valence-corrected chi connectivity index (χ1v) is 10.5. The first-order valence-electron chi connectivity index (χ1n) is 9.63. The fourth-order valence-corrected chi connectivity index (χ4v) is 4.24. The van der Waals surface area contributed by atoms with Crippen molar-refractivity contribution in [2.75, 3.05) is 12.0 Å². The number of benzene rings is 3. The van der Waals surface area contributed by atoms with E-state index in [4.69, 9.17) is 9.73 Å². The number of methoxy groups -OCH3 is 1. The Labute approximate surface area is 180 Å². The quantitative estimate of drug-likeness (QED) is 0.483. The molecule has 150 valence electrons. The van der Waals surface area contributed by atoms with Gasteiger partial charge in [0.15, 0.2) is 5.17 Å². The van der Waals surface area contributed by atoms with Gasteiger partial charge in [0.25, 0.3) is 5.91 Å². The number of carbonyl (C=O) groups is 1. The van der Waals surface area contributed by atoms with Gasteiger partial charge in [0.2, 0.25) is 0 Å². The second-order valence-corrected chi connectivity index (χ2v) is 8.11. The fraction of sp³-hybridized carbons (Fsp3) is 0.120. The predicted molar refractivity (Wildman–Crippen MR) is 126 cm³/mol. The van der Waals surface area contributed by atoms with E-state index in [1.807, 2.05) is 92.7 Å². The lowest BCUT2D eigenvalue weighted by Crippen LogP contribution is -2.28. The monoisotopic (exact) mass is 414 g/mol. The number of nitrogens with zero attached hydrogens (tertiary/aromatic N) is 2. The summed E-state index contributed by atoms with van der Waals surface area (Å²) >= 11 is 1.38. The van der Waals surface area contributed by atoms with Crippen LogP contribution in [0.4, 0.5) is 11.4 Å². The van der Waals surface area contributed by atoms with E-state index in [-0.39, 0.29) is 5.91 Å². The molecule has 1 aliphatic rings. The van der Waals surface area contributed by atoms with Crippen molar-refractivity contribution in [2.45, 2.75) is 13.8 Å². The Morgan fingerprint density at radius 1 is 0.933 bits per heavy atom. The van der Waals surface area contributed by atoms with Crippen LogP contribution in [0.2, 0.25) is 0 Å². The summed E-state index contributed by atoms with van der Waals surface area (Å²) in [6.45, 7) is 4.05. The van der Waals surface area contributed by atoms with E-state index in [1.54, 1.807) is 12.0 Å². The van der Waals surface area contributed by atoms with Crippen molar-refractivity contribution in [1.82, 2.24) is 0 Å². The summed E-state index contributed by atoms with van der Waals surface area (Å²) in [5.41, 5.74) is 4.76. The van der Waals surface area contributed by atoms with Gasteiger partial charge in [0, 0.05) is 0 Å². The molecule has 0 aromatic heterocycles. The third-order valence-corrected chi connectivity index (χ3v) is 5.65. The fourth-order valence-electron chi connectivity index (χ4n) is 3.23. The lowest BCUT2D eigenvalue weighted by molar-refractivity contribution is -0.113. The van der Waals surface area contributed by atoms with Gasteiger partial charge >= 0.3 is 0 Å². The molecule has 3 aromatic rings. The van der Waals surface area contributed by atoms with Crippen molar-refractivity contribution >= 4 is 40.3 Å². The minimum absolute atomic E-state index is 0.0835. The molecule has 4 rings (SSSR count). The first-order chi connectivity index (χ1) is 14.5. The van der Waals surface area contributed by atoms with Crippen molar-refractivity contribution in [3.63, 3.8) is 0 Å². The largest absolute Gasteiger partial charge is 0.497 e. The van der Waals surface area contributed by atoms with E-state index in [2.05, 4.69) is 0 Å². The molecule has 0 aliphatic carbocycles. The summed E-state index contributed by atoms with van der Waals surface area (Å²) in [4.78, 5) is 20.5. The van der Waals surface area contributed by atoms with Gasteiger partial charge in [-0.2, -0.15) is 0 Å². The number of aryl methyl sites for hydroxylation is 2. The number of thioether (sulfide) groups is 1. The average molecular weight is 415 g/mol. The molecule has 1 heterocycles. The Bertz CT molecular complexity index is 1170. The number of anilines is 1. The number of carbonyl (C=O) groups excluding carboxylic acids is 1. The second kappa shape index (κ2) is 8.59. The molecule has 0 atom stereocenters. The Morgan fingerprint density at radius 2 is 1.67 bits per heavy atom. The summed E-state index contributed by atoms with van der Waals surface area (Å²) < 4.78 is 5.31. The van der Waals surface area contributed by atoms with Gasteiger partial charge in [-0.15, -0.1) is 0 Å². The zero-order chi connectivity index (χ0) is 21.1. The highest BCUT2D eigenvalue weighted by Crippen LogP contribution is 2.37. The van der Waals surface area contributed by atoms with E-state index in [0.29, 0.717) is 10.1 Å². The Kier molecular flexibility index (Phi) is 5.72. The molecule has 1 saturated heterocycles. The van der Waals surface area contributed by atoms with Crippen molar-refractivity contribution < 1.29 is 9.53 Å². The highest BCUT2D eigenvalue weighted by Gasteiger charge is 2.34. The molecule has 0 saturated carbocycles. The molecule has 0 radical (unpaired) electrons. The van der Waals surface area contributed by atoms with E-state index in [0.717, 1.165) is 33.8 Å². The molecular weight excluding hydrogens is 392 g/mol. The van der Waals surface area contributed by atoms with E-state index in [9.17, 15) is 4.79 Å². The van der Waals surface area contributed by atoms with Crippen LogP contribution in [-0.4, -0.2) is 18.2 Å². The standard InChI is InChI=1S/C25H22N2O2S/c1-17-7-4-10-20(13-17)26-25-27(21-11-5-8-18(2)14-21)24(28)23(30-25)16-19-9-6-12-22(15-19)29-3/h4-16H,1-3H3/b23-16-,26-25?. The van der Waals surface area contributed by atoms with Crippen molar-refractivity contribution in [3.05, 3.63) is 94.4 Å². The van der Waals surface area contributed by atoms with Crippen LogP contribution >= 0.6 is 11.8 Å². The summed E-state index contributed by atoms with van der Waals surface area (Å²) in [5.74, 6) is 0.670. The molecule has 1 amide bonds. The van der Waals surface area contributed by atoms with Crippen LogP contribution in [0.15, 0.2) is 82.7 Å². The Morgan fingerprint density at radius 3 is 2.40 bits per heavy atom. The lowest BCUT2D eigenvalue weighted by atomic mass is 10.2. The van der Waals surface area contributed by atoms with Gasteiger partial charge in [-0.3, -0.25) is 9.69 Å². The molecule has 0 spiro atoms. The van der Waals surface area contributed by atoms with E-state index < -0.39 is 0 Å². The van der Waals surface area contributed by atoms with Gasteiger partial charge in [-0.05, 0) is 84.8 Å². The SMILES string of the molecule is COc1cccc(/C=C2\SC(=Nc3cccc(C)c3)N(c3cccc(C)c3)C2=O)c1. The zero-order valence-corrected chi connectivity index (χ0v) is 17.9. The van der Waals surface area contributed by atoms with Gasteiger partial charge in [-0.25, -0.2) is 4.99 Å². The Balaban J connectivity index is 1.78. The van der Waals surface area contributed by atoms with Crippen LogP contribution in [0.1, 0.15) is 16.7 Å². The molecule has 3 aromatic carbocycles. The highest BCUT2D eigenvalue weighted by atomic mass is 32.2. The van der Waals surface area contributed by atoms with Gasteiger partial charge in [-0.1, -0.05) is 36.4 Å². The second-order valence-electron chi connectivity index (χ2n) is 7.10. The topological polar surface area (TPSA) is 41.9 Å². The summed E-state index contributed by atoms with van der Waals surface area (Å²) in [6.07, 6.45) is 1.89. The van der Waals surface area contributed by atoms with Crippen molar-refractivity contribution in [2.24, 2.45) is 4.99 Å². The van der Waals surface area contributed by atoms with Crippen LogP contribution in [0.25, 0.3) is 6.08 Å². The third-order valence-electron chi connectivity index (χ3n) is 4.68. The van der Waals surface area contributed by atoms with Crippen LogP contribution in [0, 0.1) is 13.8 Å². The summed E-state index contributed by atoms with van der Waals surface area (Å²) in [5, 5.41) is 0.644. The van der Waals surface area contributed by atoms with Crippen LogP contribution in [0.5, 0.6) is 5.75 Å². The zero-order valence-electron chi connectivity index (χ0n) is 17.1. The molecular formula is C25H22N2O2S. The number of amides is 1. The maximum Gasteiger partial charge on any atom is 0.271 e. The number of aliphatic imine (C=N–C) groups is 1. The number of hydrogen-bond donors (Lipinski definition) is 0. The number of amidine groups is 1. The molecule has 1 fully saturated rings. The van der Waals surface area contributed by atoms with Crippen LogP contribution < -0.4 is 9.64 Å². The number of rotatable bonds is 4. The normalized spacial score (nSPS) is 16.5. The number of hydrogen-bond acceptors (Lipinski definition) is 4. The van der Waals surface area contributed by atoms with Crippen molar-refractivity contribution in [3.8, 4) is 5.75 Å². The van der Waals surface area contributed by atoms with Gasteiger partial charge < -0.3 is 4.74 Å². The molecule has 30 heavy (non-hydrogen) atoms. The smallest absolute Gasteiger partial charge is 0.271 e. The highest BCUT2D eigenvalue weighted by molar-refractivity contribution is 8.19. The molecule has 0 bridgehead atoms. The summed E-state index contributed by atoms with van der Waals surface area (Å²) in [6, 6.07) is 23.5. The Hall–Kier alpha value is -3.31. The minimum Gasteiger partial charge on any atom is -0.497 e. The molecule has 4 nitrogen and oxygen atoms in total. The van der Waals surface area contributed by atoms with Crippen molar-refractivity contribution in [1.29, 1.82) is 0 Å². The van der Waals surface area contributed by atoms with E-state index >= 15 is 0 Å². The maximum atomic E-state index is 13.4. The van der Waals surface area contributed by atoms with Crippen LogP contribution in [-0.2, 0) is 4.79 Å². The van der Waals surface area contributed by atoms with Crippen LogP contribution in [0.3, 0.4) is 0 Å². The predicted octanol–water partition coefficient (Wildman–Crippen LogP) is 6.12. The molecule has 1 aliphatic heterocycles. The lowest BCUT2D eigenvalue weighted by Gasteiger charge is -2.16. The molecule has 5 heteroatoms. The molecule has 0 N–H and O–H groups in total. The maximum absolute atomic E-state index is 13.4. The van der Waals surface area contributed by atoms with Gasteiger partial charge in [0.1, 0.15) is 5.75 Å². The summed E-state index contributed by atoms with van der Waals surface area (Å²) in [7, 11) is 1.63.